The van der Waals surface area contributed by atoms with Gasteiger partial charge in [0.1, 0.15) is 48.8 Å². The molecular weight excluding hydrogens is 740 g/mol. The van der Waals surface area contributed by atoms with Gasteiger partial charge in [-0.2, -0.15) is 0 Å². The van der Waals surface area contributed by atoms with E-state index in [2.05, 4.69) is 40.7 Å². The molecule has 0 radical (unpaired) electrons. The first kappa shape index (κ1) is 43.8. The second kappa shape index (κ2) is 15.3. The zero-order valence-corrected chi connectivity index (χ0v) is 34.9. The molecule has 6 fully saturated rings. The molecule has 57 heavy (non-hydrogen) atoms. The van der Waals surface area contributed by atoms with Crippen LogP contribution in [0.3, 0.4) is 0 Å². The maximum atomic E-state index is 13.6. The number of ether oxygens (including phenoxy) is 5. The van der Waals surface area contributed by atoms with Gasteiger partial charge in [-0.05, 0) is 104 Å². The van der Waals surface area contributed by atoms with Gasteiger partial charge in [-0.3, -0.25) is 4.79 Å². The molecule has 19 atom stereocenters. The normalized spacial score (nSPS) is 53.4. The maximum absolute atomic E-state index is 13.6. The van der Waals surface area contributed by atoms with Crippen molar-refractivity contribution in [3.8, 4) is 0 Å². The lowest BCUT2D eigenvalue weighted by atomic mass is 9.33. The molecule has 326 valence electrons. The van der Waals surface area contributed by atoms with Crippen molar-refractivity contribution in [1.82, 2.24) is 0 Å². The van der Waals surface area contributed by atoms with Crippen molar-refractivity contribution in [2.24, 2.45) is 50.2 Å². The molecule has 0 bridgehead atoms. The molecule has 0 unspecified atom stereocenters. The van der Waals surface area contributed by atoms with Crippen LogP contribution in [0, 0.1) is 50.2 Å². The molecule has 2 heterocycles. The van der Waals surface area contributed by atoms with E-state index < -0.39 is 91.6 Å². The molecule has 0 aromatic rings. The quantitative estimate of drug-likeness (QED) is 0.0998. The number of esters is 1. The molecule has 7 aliphatic rings. The third kappa shape index (κ3) is 6.61. The van der Waals surface area contributed by atoms with Crippen LogP contribution in [0.4, 0.5) is 0 Å². The van der Waals surface area contributed by atoms with Gasteiger partial charge in [0.05, 0.1) is 38.4 Å². The van der Waals surface area contributed by atoms with Crippen LogP contribution in [0.1, 0.15) is 106 Å². The molecule has 14 heteroatoms. The number of methoxy groups -OCH3 is 1. The fourth-order valence-corrected chi connectivity index (χ4v) is 13.8. The smallest absolute Gasteiger partial charge is 0.312 e. The maximum Gasteiger partial charge on any atom is 0.312 e. The second-order valence-corrected chi connectivity index (χ2v) is 20.7. The standard InChI is InChI=1S/C43H70O14/c1-38(2)14-16-43(37(52)53-7)17-15-41(5)22(23(43)18-38)8-9-27-39(3)12-11-28(40(4,21-45)26(39)10-13-42(27,41)6)57-36-34(51)32(49)30(47)25(56-36)20-54-35-33(50)31(48)29(46)24(19-44)55-35/h8,23-36,44-51H,9-21H2,1-7H3/t23-,24+,25+,26+,27+,28-,29+,30+,31-,32-,33+,34+,35+,36-,39-,40-,41+,42+,43-/m0/s1. The first-order valence-corrected chi connectivity index (χ1v) is 21.3. The van der Waals surface area contributed by atoms with E-state index in [-0.39, 0.29) is 46.1 Å². The summed E-state index contributed by atoms with van der Waals surface area (Å²) in [7, 11) is 1.53. The van der Waals surface area contributed by atoms with E-state index in [9.17, 15) is 45.6 Å². The summed E-state index contributed by atoms with van der Waals surface area (Å²) in [6.45, 7) is 12.8. The topological polar surface area (TPSA) is 225 Å². The Hall–Kier alpha value is -1.27. The van der Waals surface area contributed by atoms with Crippen LogP contribution >= 0.6 is 0 Å². The minimum Gasteiger partial charge on any atom is -0.469 e. The van der Waals surface area contributed by atoms with Gasteiger partial charge >= 0.3 is 5.97 Å². The van der Waals surface area contributed by atoms with Gasteiger partial charge in [0, 0.05) is 5.41 Å². The van der Waals surface area contributed by atoms with Crippen molar-refractivity contribution in [2.75, 3.05) is 26.9 Å². The number of allylic oxidation sites excluding steroid dienone is 2. The molecule has 0 aromatic carbocycles. The van der Waals surface area contributed by atoms with Crippen LogP contribution in [0.5, 0.6) is 0 Å². The predicted octanol–water partition coefficient (Wildman–Crippen LogP) is 1.94. The summed E-state index contributed by atoms with van der Waals surface area (Å²) in [6, 6.07) is 0. The largest absolute Gasteiger partial charge is 0.469 e. The lowest BCUT2D eigenvalue weighted by Crippen LogP contribution is -2.67. The van der Waals surface area contributed by atoms with Crippen molar-refractivity contribution in [3.05, 3.63) is 11.6 Å². The Labute approximate surface area is 336 Å². The Morgan fingerprint density at radius 1 is 0.754 bits per heavy atom. The van der Waals surface area contributed by atoms with Gasteiger partial charge in [-0.1, -0.05) is 53.2 Å². The van der Waals surface area contributed by atoms with Crippen molar-refractivity contribution in [1.29, 1.82) is 0 Å². The molecule has 4 saturated carbocycles. The Bertz CT molecular complexity index is 1520. The van der Waals surface area contributed by atoms with Gasteiger partial charge < -0.3 is 64.5 Å². The Morgan fingerprint density at radius 2 is 1.39 bits per heavy atom. The summed E-state index contributed by atoms with van der Waals surface area (Å²) < 4.78 is 29.2. The van der Waals surface area contributed by atoms with E-state index in [1.165, 1.54) is 12.7 Å². The van der Waals surface area contributed by atoms with Crippen LogP contribution in [-0.4, -0.2) is 141 Å². The van der Waals surface area contributed by atoms with Crippen molar-refractivity contribution < 1.29 is 69.3 Å². The molecule has 14 nitrogen and oxygen atoms in total. The number of rotatable bonds is 8. The van der Waals surface area contributed by atoms with Gasteiger partial charge in [0.15, 0.2) is 12.6 Å². The van der Waals surface area contributed by atoms with E-state index in [0.717, 1.165) is 57.8 Å². The molecule has 2 aliphatic heterocycles. The zero-order valence-electron chi connectivity index (χ0n) is 34.9. The lowest BCUT2D eigenvalue weighted by Gasteiger charge is -2.71. The highest BCUT2D eigenvalue weighted by atomic mass is 16.7. The minimum absolute atomic E-state index is 0.0483. The summed E-state index contributed by atoms with van der Waals surface area (Å²) in [4.78, 5) is 13.6. The van der Waals surface area contributed by atoms with E-state index in [1.807, 2.05) is 6.92 Å². The van der Waals surface area contributed by atoms with Gasteiger partial charge in [0.25, 0.3) is 0 Å². The number of fused-ring (bicyclic) bond motifs is 7. The van der Waals surface area contributed by atoms with E-state index in [0.29, 0.717) is 12.3 Å². The first-order valence-electron chi connectivity index (χ1n) is 21.3. The number of carbonyl (C=O) groups is 1. The van der Waals surface area contributed by atoms with Crippen molar-refractivity contribution >= 4 is 5.97 Å². The van der Waals surface area contributed by atoms with Crippen LogP contribution in [-0.2, 0) is 28.5 Å². The van der Waals surface area contributed by atoms with Crippen LogP contribution < -0.4 is 0 Å². The Kier molecular flexibility index (Phi) is 11.7. The van der Waals surface area contributed by atoms with Gasteiger partial charge in [-0.15, -0.1) is 0 Å². The SMILES string of the molecule is COC(=O)[C@]12CCC(C)(C)C[C@H]1C1=CC[C@@H]3[C@@]4(C)CC[C@H](O[C@@H]5O[C@H](CO[C@@H]6O[C@H](CO)[C@@H](O)[C@H](O)[C@H]6O)[C@@H](O)[C@H](O)[C@H]5O)[C@@](C)(CO)[C@@H]4CC[C@@]3(C)[C@]1(C)CC2. The summed E-state index contributed by atoms with van der Waals surface area (Å²) in [5.74, 6) is 0.444. The number of hydrogen-bond donors (Lipinski definition) is 8. The number of hydrogen-bond acceptors (Lipinski definition) is 14. The third-order valence-electron chi connectivity index (χ3n) is 17.6. The Morgan fingerprint density at radius 3 is 2.04 bits per heavy atom. The minimum atomic E-state index is -1.68. The van der Waals surface area contributed by atoms with Crippen molar-refractivity contribution in [2.45, 2.75) is 173 Å². The molecule has 8 N–H and O–H groups in total. The van der Waals surface area contributed by atoms with E-state index in [4.69, 9.17) is 23.7 Å². The monoisotopic (exact) mass is 810 g/mol. The van der Waals surface area contributed by atoms with Gasteiger partial charge in [0.2, 0.25) is 0 Å². The highest BCUT2D eigenvalue weighted by molar-refractivity contribution is 5.78. The van der Waals surface area contributed by atoms with Gasteiger partial charge in [-0.25, -0.2) is 0 Å². The van der Waals surface area contributed by atoms with Crippen LogP contribution in [0.2, 0.25) is 0 Å². The average molecular weight is 811 g/mol. The van der Waals surface area contributed by atoms with E-state index in [1.54, 1.807) is 0 Å². The Balaban J connectivity index is 1.10. The molecule has 0 amide bonds. The predicted molar refractivity (Wildman–Crippen MR) is 204 cm³/mol. The highest BCUT2D eigenvalue weighted by Gasteiger charge is 2.70. The summed E-state index contributed by atoms with van der Waals surface area (Å²) >= 11 is 0. The number of carbonyl (C=O) groups excluding carboxylic acids is 1. The van der Waals surface area contributed by atoms with E-state index >= 15 is 0 Å². The number of aliphatic hydroxyl groups excluding tert-OH is 8. The summed E-state index contributed by atoms with van der Waals surface area (Å²) in [6.07, 6.45) is -4.62. The summed E-state index contributed by atoms with van der Waals surface area (Å²) in [5.41, 5.74) is 0.0345. The summed E-state index contributed by atoms with van der Waals surface area (Å²) in [5, 5.41) is 84.5. The molecule has 0 aromatic heterocycles. The third-order valence-corrected chi connectivity index (χ3v) is 17.6. The molecule has 2 saturated heterocycles. The molecular formula is C43H70O14. The van der Waals surface area contributed by atoms with Crippen molar-refractivity contribution in [3.63, 3.8) is 0 Å². The average Bonchev–Trinajstić information content (AvgIpc) is 3.18. The lowest BCUT2D eigenvalue weighted by molar-refractivity contribution is -0.347. The molecule has 5 aliphatic carbocycles. The zero-order chi connectivity index (χ0) is 41.7. The van der Waals surface area contributed by atoms with Crippen LogP contribution in [0.25, 0.3) is 0 Å². The molecule has 7 rings (SSSR count). The molecule has 0 spiro atoms. The number of aliphatic hydroxyl groups is 8. The fourth-order valence-electron chi connectivity index (χ4n) is 13.8. The highest BCUT2D eigenvalue weighted by Crippen LogP contribution is 2.76. The first-order chi connectivity index (χ1) is 26.7. The fraction of sp³-hybridized carbons (Fsp3) is 0.930. The second-order valence-electron chi connectivity index (χ2n) is 20.7. The van der Waals surface area contributed by atoms with Crippen LogP contribution in [0.15, 0.2) is 11.6 Å².